The van der Waals surface area contributed by atoms with Gasteiger partial charge >= 0.3 is 0 Å². The van der Waals surface area contributed by atoms with E-state index in [4.69, 9.17) is 9.47 Å². The van der Waals surface area contributed by atoms with Crippen LogP contribution in [0.2, 0.25) is 0 Å². The van der Waals surface area contributed by atoms with Gasteiger partial charge in [-0.05, 0) is 30.5 Å². The minimum atomic E-state index is -3.13. The summed E-state index contributed by atoms with van der Waals surface area (Å²) < 4.78 is 34.9. The fourth-order valence-corrected chi connectivity index (χ4v) is 2.65. The first-order chi connectivity index (χ1) is 11.9. The van der Waals surface area contributed by atoms with Crippen molar-refractivity contribution < 1.29 is 17.9 Å². The zero-order chi connectivity index (χ0) is 18.7. The Bertz CT molecular complexity index is 662. The lowest BCUT2D eigenvalue weighted by Crippen LogP contribution is -2.39. The lowest BCUT2D eigenvalue weighted by molar-refractivity contribution is 0.354. The molecule has 0 aromatic heterocycles. The van der Waals surface area contributed by atoms with Gasteiger partial charge in [0.1, 0.15) is 0 Å². The Balaban J connectivity index is 2.33. The zero-order valence-corrected chi connectivity index (χ0v) is 16.1. The van der Waals surface area contributed by atoms with E-state index in [1.165, 1.54) is 0 Å². The second-order valence-corrected chi connectivity index (χ2v) is 7.22. The quantitative estimate of drug-likeness (QED) is 0.311. The molecule has 9 heteroatoms. The molecule has 1 rings (SSSR count). The highest BCUT2D eigenvalue weighted by atomic mass is 32.2. The third-order valence-corrected chi connectivity index (χ3v) is 4.12. The van der Waals surface area contributed by atoms with Crippen LogP contribution in [0.3, 0.4) is 0 Å². The molecule has 142 valence electrons. The average Bonchev–Trinajstić information content (AvgIpc) is 2.58. The maximum Gasteiger partial charge on any atom is 0.208 e. The fraction of sp³-hybridized carbons (Fsp3) is 0.562. The lowest BCUT2D eigenvalue weighted by Gasteiger charge is -2.13. The van der Waals surface area contributed by atoms with Gasteiger partial charge in [-0.25, -0.2) is 13.1 Å². The number of rotatable bonds is 10. The van der Waals surface area contributed by atoms with Crippen LogP contribution in [0.5, 0.6) is 11.5 Å². The van der Waals surface area contributed by atoms with Gasteiger partial charge in [0, 0.05) is 26.7 Å². The summed E-state index contributed by atoms with van der Waals surface area (Å²) in [7, 11) is 1.79. The van der Waals surface area contributed by atoms with Crippen LogP contribution < -0.4 is 24.8 Å². The molecule has 0 aliphatic carbocycles. The number of nitrogens with one attached hydrogen (secondary N) is 3. The summed E-state index contributed by atoms with van der Waals surface area (Å²) in [6.07, 6.45) is 2.62. The zero-order valence-electron chi connectivity index (χ0n) is 15.3. The summed E-state index contributed by atoms with van der Waals surface area (Å²) in [5.41, 5.74) is 1.12. The highest BCUT2D eigenvalue weighted by Crippen LogP contribution is 2.27. The molecule has 0 unspecified atom stereocenters. The van der Waals surface area contributed by atoms with E-state index in [1.54, 1.807) is 21.3 Å². The number of sulfonamides is 1. The Kier molecular flexibility index (Phi) is 9.07. The summed E-state index contributed by atoms with van der Waals surface area (Å²) in [5.74, 6) is 2.10. The molecule has 0 saturated heterocycles. The molecule has 0 aliphatic rings. The SMILES string of the molecule is CN=C(NCCCNS(C)(=O)=O)NCCc1ccc(OC)c(OC)c1. The predicted octanol–water partition coefficient (Wildman–Crippen LogP) is 0.351. The van der Waals surface area contributed by atoms with Gasteiger partial charge in [-0.3, -0.25) is 4.99 Å². The molecule has 0 bridgehead atoms. The lowest BCUT2D eigenvalue weighted by atomic mass is 10.1. The first kappa shape index (κ1) is 21.0. The molecule has 1 aromatic carbocycles. The van der Waals surface area contributed by atoms with Crippen molar-refractivity contribution in [2.45, 2.75) is 12.8 Å². The maximum absolute atomic E-state index is 11.0. The molecule has 0 spiro atoms. The number of hydrogen-bond donors (Lipinski definition) is 3. The van der Waals surface area contributed by atoms with E-state index in [2.05, 4.69) is 20.3 Å². The van der Waals surface area contributed by atoms with Crippen LogP contribution in [0.25, 0.3) is 0 Å². The molecular formula is C16H28N4O4S. The van der Waals surface area contributed by atoms with Crippen molar-refractivity contribution in [3.8, 4) is 11.5 Å². The second-order valence-electron chi connectivity index (χ2n) is 5.39. The predicted molar refractivity (Wildman–Crippen MR) is 100 cm³/mol. The Hall–Kier alpha value is -2.00. The number of methoxy groups -OCH3 is 2. The summed E-state index contributed by atoms with van der Waals surface area (Å²) in [6, 6.07) is 5.83. The van der Waals surface area contributed by atoms with Gasteiger partial charge in [0.2, 0.25) is 10.0 Å². The van der Waals surface area contributed by atoms with E-state index in [-0.39, 0.29) is 0 Å². The van der Waals surface area contributed by atoms with E-state index < -0.39 is 10.0 Å². The van der Waals surface area contributed by atoms with Crippen LogP contribution in [0, 0.1) is 0 Å². The summed E-state index contributed by atoms with van der Waals surface area (Å²) >= 11 is 0. The van der Waals surface area contributed by atoms with Crippen LogP contribution in [-0.4, -0.2) is 61.5 Å². The maximum atomic E-state index is 11.0. The van der Waals surface area contributed by atoms with Crippen LogP contribution in [0.1, 0.15) is 12.0 Å². The van der Waals surface area contributed by atoms with E-state index in [1.807, 2.05) is 18.2 Å². The molecule has 8 nitrogen and oxygen atoms in total. The standard InChI is InChI=1S/C16H28N4O4S/c1-17-16(18-9-5-10-20-25(4,21)22)19-11-8-13-6-7-14(23-2)15(12-13)24-3/h6-7,12,20H,5,8-11H2,1-4H3,(H2,17,18,19). The third-order valence-electron chi connectivity index (χ3n) is 3.39. The van der Waals surface area contributed by atoms with Crippen LogP contribution in [0.4, 0.5) is 0 Å². The van der Waals surface area contributed by atoms with E-state index in [9.17, 15) is 8.42 Å². The Morgan fingerprint density at radius 2 is 1.76 bits per heavy atom. The molecule has 0 radical (unpaired) electrons. The smallest absolute Gasteiger partial charge is 0.208 e. The van der Waals surface area contributed by atoms with Crippen molar-refractivity contribution in [2.24, 2.45) is 4.99 Å². The van der Waals surface area contributed by atoms with Crippen LogP contribution in [0.15, 0.2) is 23.2 Å². The molecule has 3 N–H and O–H groups in total. The van der Waals surface area contributed by atoms with Crippen molar-refractivity contribution >= 4 is 16.0 Å². The topological polar surface area (TPSA) is 101 Å². The first-order valence-electron chi connectivity index (χ1n) is 7.99. The third kappa shape index (κ3) is 8.59. The van der Waals surface area contributed by atoms with Crippen molar-refractivity contribution in [2.75, 3.05) is 47.2 Å². The number of benzene rings is 1. The molecule has 0 aliphatic heterocycles. The van der Waals surface area contributed by atoms with Gasteiger partial charge in [-0.15, -0.1) is 0 Å². The van der Waals surface area contributed by atoms with Gasteiger partial charge in [0.25, 0.3) is 0 Å². The summed E-state index contributed by atoms with van der Waals surface area (Å²) in [5, 5.41) is 6.36. The molecule has 0 heterocycles. The molecular weight excluding hydrogens is 344 g/mol. The Morgan fingerprint density at radius 3 is 2.36 bits per heavy atom. The number of aliphatic imine (C=N–C) groups is 1. The normalized spacial score (nSPS) is 11.9. The highest BCUT2D eigenvalue weighted by Gasteiger charge is 2.05. The largest absolute Gasteiger partial charge is 0.493 e. The van der Waals surface area contributed by atoms with Gasteiger partial charge in [-0.1, -0.05) is 6.07 Å². The Morgan fingerprint density at radius 1 is 1.08 bits per heavy atom. The molecule has 0 fully saturated rings. The monoisotopic (exact) mass is 372 g/mol. The van der Waals surface area contributed by atoms with Gasteiger partial charge < -0.3 is 20.1 Å². The van der Waals surface area contributed by atoms with Gasteiger partial charge in [0.15, 0.2) is 17.5 Å². The Labute approximate surface area is 150 Å². The van der Waals surface area contributed by atoms with Gasteiger partial charge in [-0.2, -0.15) is 0 Å². The van der Waals surface area contributed by atoms with Crippen LogP contribution in [-0.2, 0) is 16.4 Å². The van der Waals surface area contributed by atoms with Gasteiger partial charge in [0.05, 0.1) is 20.5 Å². The van der Waals surface area contributed by atoms with E-state index in [0.717, 1.165) is 18.2 Å². The van der Waals surface area contributed by atoms with Crippen molar-refractivity contribution in [3.63, 3.8) is 0 Å². The minimum absolute atomic E-state index is 0.397. The molecule has 1 aromatic rings. The summed E-state index contributed by atoms with van der Waals surface area (Å²) in [6.45, 7) is 1.73. The van der Waals surface area contributed by atoms with E-state index in [0.29, 0.717) is 43.5 Å². The second kappa shape index (κ2) is 10.8. The number of ether oxygens (including phenoxy) is 2. The molecule has 0 saturated carbocycles. The minimum Gasteiger partial charge on any atom is -0.493 e. The molecule has 0 amide bonds. The van der Waals surface area contributed by atoms with Crippen molar-refractivity contribution in [1.29, 1.82) is 0 Å². The first-order valence-corrected chi connectivity index (χ1v) is 9.88. The number of nitrogens with zero attached hydrogens (tertiary/aromatic N) is 1. The fourth-order valence-electron chi connectivity index (χ4n) is 2.13. The highest BCUT2D eigenvalue weighted by molar-refractivity contribution is 7.88. The number of hydrogen-bond acceptors (Lipinski definition) is 5. The van der Waals surface area contributed by atoms with E-state index >= 15 is 0 Å². The summed E-state index contributed by atoms with van der Waals surface area (Å²) in [4.78, 5) is 4.14. The van der Waals surface area contributed by atoms with Crippen molar-refractivity contribution in [3.05, 3.63) is 23.8 Å². The number of guanidine groups is 1. The molecule has 0 atom stereocenters. The van der Waals surface area contributed by atoms with Crippen LogP contribution >= 0.6 is 0 Å². The molecule has 25 heavy (non-hydrogen) atoms. The van der Waals surface area contributed by atoms with Crippen molar-refractivity contribution in [1.82, 2.24) is 15.4 Å². The average molecular weight is 372 g/mol.